The zero-order valence-electron chi connectivity index (χ0n) is 16.9. The van der Waals surface area contributed by atoms with Crippen molar-refractivity contribution in [3.05, 3.63) is 84.4 Å². The molecule has 31 heavy (non-hydrogen) atoms. The summed E-state index contributed by atoms with van der Waals surface area (Å²) in [6, 6.07) is 24.6. The van der Waals surface area contributed by atoms with Crippen LogP contribution in [0, 0.1) is 6.92 Å². The quantitative estimate of drug-likeness (QED) is 0.331. The number of nitrogen functional groups attached to an aromatic ring is 1. The van der Waals surface area contributed by atoms with Gasteiger partial charge in [-0.1, -0.05) is 59.8 Å². The molecule has 3 N–H and O–H groups in total. The molecule has 3 aromatic carbocycles. The number of nitrogens with one attached hydrogen (secondary N) is 1. The molecule has 0 bridgehead atoms. The number of carbonyl (C=O) groups excluding carboxylic acids is 1. The van der Waals surface area contributed by atoms with Gasteiger partial charge in [-0.05, 0) is 43.3 Å². The van der Waals surface area contributed by atoms with Gasteiger partial charge in [0.15, 0.2) is 5.82 Å². The number of anilines is 1. The van der Waals surface area contributed by atoms with E-state index in [4.69, 9.17) is 10.6 Å². The molecule has 1 aromatic heterocycles. The fourth-order valence-corrected chi connectivity index (χ4v) is 3.49. The molecule has 0 saturated carbocycles. The van der Waals surface area contributed by atoms with Crippen LogP contribution in [0.2, 0.25) is 0 Å². The molecule has 156 valence electrons. The first kappa shape index (κ1) is 20.5. The maximum Gasteiger partial charge on any atom is 0.234 e. The van der Waals surface area contributed by atoms with Crippen LogP contribution in [0.4, 0.5) is 5.69 Å². The van der Waals surface area contributed by atoms with Crippen LogP contribution >= 0.6 is 11.8 Å². The average Bonchev–Trinajstić information content (AvgIpc) is 3.15. The lowest BCUT2D eigenvalue weighted by molar-refractivity contribution is -0.113. The number of rotatable bonds is 7. The van der Waals surface area contributed by atoms with Gasteiger partial charge in [0, 0.05) is 11.3 Å². The van der Waals surface area contributed by atoms with Gasteiger partial charge in [-0.3, -0.25) is 4.79 Å². The number of hydrogen-bond acceptors (Lipinski definition) is 6. The molecule has 0 aliphatic carbocycles. The van der Waals surface area contributed by atoms with Crippen LogP contribution in [0.5, 0.6) is 11.5 Å². The van der Waals surface area contributed by atoms with Crippen LogP contribution in [0.3, 0.4) is 0 Å². The maximum absolute atomic E-state index is 12.3. The van der Waals surface area contributed by atoms with Crippen LogP contribution < -0.4 is 15.9 Å². The highest BCUT2D eigenvalue weighted by Crippen LogP contribution is 2.24. The van der Waals surface area contributed by atoms with E-state index in [0.717, 1.165) is 16.9 Å². The lowest BCUT2D eigenvalue weighted by atomic mass is 10.1. The molecule has 1 amide bonds. The Morgan fingerprint density at radius 3 is 2.35 bits per heavy atom. The summed E-state index contributed by atoms with van der Waals surface area (Å²) < 4.78 is 7.15. The summed E-state index contributed by atoms with van der Waals surface area (Å²) in [7, 11) is 0. The van der Waals surface area contributed by atoms with Crippen molar-refractivity contribution >= 4 is 23.4 Å². The Bertz CT molecular complexity index is 1160. The highest BCUT2D eigenvalue weighted by atomic mass is 32.2. The second kappa shape index (κ2) is 9.36. The van der Waals surface area contributed by atoms with Gasteiger partial charge in [-0.25, -0.2) is 4.68 Å². The first-order valence-corrected chi connectivity index (χ1v) is 10.6. The van der Waals surface area contributed by atoms with Crippen LogP contribution in [0.1, 0.15) is 5.56 Å². The van der Waals surface area contributed by atoms with E-state index >= 15 is 0 Å². The number of nitrogens with zero attached hydrogens (tertiary/aromatic N) is 3. The van der Waals surface area contributed by atoms with Crippen molar-refractivity contribution in [3.8, 4) is 22.9 Å². The van der Waals surface area contributed by atoms with Crippen molar-refractivity contribution in [3.63, 3.8) is 0 Å². The molecule has 8 heteroatoms. The van der Waals surface area contributed by atoms with Gasteiger partial charge in [0.25, 0.3) is 0 Å². The lowest BCUT2D eigenvalue weighted by Crippen LogP contribution is -2.16. The molecule has 7 nitrogen and oxygen atoms in total. The van der Waals surface area contributed by atoms with E-state index < -0.39 is 0 Å². The fraction of sp³-hybridized carbons (Fsp3) is 0.0870. The third kappa shape index (κ3) is 5.23. The smallest absolute Gasteiger partial charge is 0.234 e. The summed E-state index contributed by atoms with van der Waals surface area (Å²) in [6.45, 7) is 2.01. The summed E-state index contributed by atoms with van der Waals surface area (Å²) >= 11 is 1.23. The van der Waals surface area contributed by atoms with Gasteiger partial charge < -0.3 is 15.9 Å². The molecule has 0 atom stereocenters. The Kier molecular flexibility index (Phi) is 6.18. The molecular formula is C23H21N5O2S. The topological polar surface area (TPSA) is 95.1 Å². The zero-order chi connectivity index (χ0) is 21.6. The Morgan fingerprint density at radius 1 is 0.968 bits per heavy atom. The van der Waals surface area contributed by atoms with E-state index in [1.54, 1.807) is 24.3 Å². The van der Waals surface area contributed by atoms with E-state index in [2.05, 4.69) is 15.5 Å². The number of thioether (sulfide) groups is 1. The third-order valence-electron chi connectivity index (χ3n) is 4.42. The number of hydrogen-bond donors (Lipinski definition) is 2. The minimum atomic E-state index is -0.165. The normalized spacial score (nSPS) is 10.6. The summed E-state index contributed by atoms with van der Waals surface area (Å²) in [5.74, 6) is 8.11. The summed E-state index contributed by atoms with van der Waals surface area (Å²) in [5, 5.41) is 11.6. The number of benzene rings is 3. The maximum atomic E-state index is 12.3. The van der Waals surface area contributed by atoms with Crippen LogP contribution in [-0.4, -0.2) is 26.5 Å². The van der Waals surface area contributed by atoms with Gasteiger partial charge in [0.1, 0.15) is 11.5 Å². The van der Waals surface area contributed by atoms with Gasteiger partial charge >= 0.3 is 0 Å². The molecule has 0 fully saturated rings. The lowest BCUT2D eigenvalue weighted by Gasteiger charge is -2.08. The van der Waals surface area contributed by atoms with E-state index in [-0.39, 0.29) is 11.7 Å². The Balaban J connectivity index is 1.32. The Labute approximate surface area is 184 Å². The van der Waals surface area contributed by atoms with Crippen molar-refractivity contribution in [1.82, 2.24) is 14.9 Å². The van der Waals surface area contributed by atoms with Crippen molar-refractivity contribution < 1.29 is 9.53 Å². The van der Waals surface area contributed by atoms with Crippen LogP contribution in [0.25, 0.3) is 11.4 Å². The van der Waals surface area contributed by atoms with Crippen molar-refractivity contribution in [2.24, 2.45) is 0 Å². The van der Waals surface area contributed by atoms with Crippen molar-refractivity contribution in [2.45, 2.75) is 12.1 Å². The number of carbonyl (C=O) groups is 1. The highest BCUT2D eigenvalue weighted by Gasteiger charge is 2.14. The third-order valence-corrected chi connectivity index (χ3v) is 5.37. The number of amides is 1. The molecule has 4 rings (SSSR count). The molecular weight excluding hydrogens is 410 g/mol. The summed E-state index contributed by atoms with van der Waals surface area (Å²) in [6.07, 6.45) is 0. The number of ether oxygens (including phenoxy) is 1. The fourth-order valence-electron chi connectivity index (χ4n) is 2.83. The first-order valence-electron chi connectivity index (χ1n) is 9.61. The Morgan fingerprint density at radius 2 is 1.65 bits per heavy atom. The SMILES string of the molecule is Cc1ccc(-c2nnc(SCC(=O)Nc3ccc(Oc4ccccc4)cc3)n2N)cc1. The minimum Gasteiger partial charge on any atom is -0.457 e. The molecule has 4 aromatic rings. The zero-order valence-corrected chi connectivity index (χ0v) is 17.7. The van der Waals surface area contributed by atoms with E-state index in [1.807, 2.05) is 61.5 Å². The monoisotopic (exact) mass is 431 g/mol. The Hall–Kier alpha value is -3.78. The molecule has 0 saturated heterocycles. The minimum absolute atomic E-state index is 0.158. The van der Waals surface area contributed by atoms with Gasteiger partial charge in [0.05, 0.1) is 5.75 Å². The van der Waals surface area contributed by atoms with Crippen LogP contribution in [-0.2, 0) is 4.79 Å². The molecule has 0 radical (unpaired) electrons. The first-order chi connectivity index (χ1) is 15.1. The molecule has 0 spiro atoms. The predicted octanol–water partition coefficient (Wildman–Crippen LogP) is 4.49. The molecule has 0 aliphatic heterocycles. The number of aromatic nitrogens is 3. The van der Waals surface area contributed by atoms with Gasteiger partial charge in [-0.2, -0.15) is 0 Å². The predicted molar refractivity (Wildman–Crippen MR) is 123 cm³/mol. The van der Waals surface area contributed by atoms with Crippen molar-refractivity contribution in [2.75, 3.05) is 16.9 Å². The summed E-state index contributed by atoms with van der Waals surface area (Å²) in [4.78, 5) is 12.3. The van der Waals surface area contributed by atoms with E-state index in [0.29, 0.717) is 22.4 Å². The van der Waals surface area contributed by atoms with Crippen LogP contribution in [0.15, 0.2) is 84.0 Å². The van der Waals surface area contributed by atoms with Gasteiger partial charge in [0.2, 0.25) is 11.1 Å². The molecule has 0 unspecified atom stereocenters. The second-order valence-electron chi connectivity index (χ2n) is 6.82. The van der Waals surface area contributed by atoms with Gasteiger partial charge in [-0.15, -0.1) is 10.2 Å². The van der Waals surface area contributed by atoms with E-state index in [9.17, 15) is 4.79 Å². The standard InChI is InChI=1S/C23H21N5O2S/c1-16-7-9-17(10-8-16)22-26-27-23(28(22)24)31-15-21(29)25-18-11-13-20(14-12-18)30-19-5-3-2-4-6-19/h2-14H,15,24H2,1H3,(H,25,29). The second-order valence-corrected chi connectivity index (χ2v) is 7.76. The number of nitrogens with two attached hydrogens (primary N) is 1. The summed E-state index contributed by atoms with van der Waals surface area (Å²) in [5.41, 5.74) is 2.70. The van der Waals surface area contributed by atoms with Crippen molar-refractivity contribution in [1.29, 1.82) is 0 Å². The molecule has 0 aliphatic rings. The average molecular weight is 432 g/mol. The number of aryl methyl sites for hydroxylation is 1. The van der Waals surface area contributed by atoms with E-state index in [1.165, 1.54) is 16.4 Å². The largest absolute Gasteiger partial charge is 0.457 e. The number of para-hydroxylation sites is 1. The highest BCUT2D eigenvalue weighted by molar-refractivity contribution is 7.99. The molecule has 1 heterocycles.